The van der Waals surface area contributed by atoms with E-state index in [1.54, 1.807) is 12.1 Å². The molecule has 0 heterocycles. The average Bonchev–Trinajstić information content (AvgIpc) is 2.36. The second-order valence-corrected chi connectivity index (χ2v) is 4.48. The highest BCUT2D eigenvalue weighted by molar-refractivity contribution is 5.94. The van der Waals surface area contributed by atoms with Gasteiger partial charge in [0.15, 0.2) is 17.5 Å². The van der Waals surface area contributed by atoms with E-state index in [1.165, 1.54) is 12.1 Å². The number of fused-ring (bicyclic) bond motifs is 1. The maximum absolute atomic E-state index is 13.8. The summed E-state index contributed by atoms with van der Waals surface area (Å²) in [5.74, 6) is -3.69. The van der Waals surface area contributed by atoms with Gasteiger partial charge in [-0.1, -0.05) is 44.7 Å². The van der Waals surface area contributed by atoms with Crippen molar-refractivity contribution in [1.82, 2.24) is 0 Å². The van der Waals surface area contributed by atoms with Crippen LogP contribution in [0, 0.1) is 17.5 Å². The van der Waals surface area contributed by atoms with Crippen LogP contribution in [0.15, 0.2) is 24.8 Å². The fourth-order valence-electron chi connectivity index (χ4n) is 2.17. The summed E-state index contributed by atoms with van der Waals surface area (Å²) in [6.07, 6.45) is 1.23. The molecule has 0 saturated carbocycles. The van der Waals surface area contributed by atoms with Gasteiger partial charge in [-0.2, -0.15) is 0 Å². The third kappa shape index (κ3) is 1.70. The van der Waals surface area contributed by atoms with Crippen LogP contribution in [0.1, 0.15) is 30.9 Å². The minimum Gasteiger partial charge on any atom is -0.203 e. The van der Waals surface area contributed by atoms with Gasteiger partial charge in [0.05, 0.1) is 0 Å². The molecule has 94 valence electrons. The van der Waals surface area contributed by atoms with E-state index >= 15 is 0 Å². The first kappa shape index (κ1) is 12.7. The maximum Gasteiger partial charge on any atom is 0.195 e. The first-order chi connectivity index (χ1) is 8.49. The van der Waals surface area contributed by atoms with Crippen molar-refractivity contribution in [2.24, 2.45) is 0 Å². The van der Waals surface area contributed by atoms with Crippen molar-refractivity contribution in [3.05, 3.63) is 53.4 Å². The molecular weight excluding hydrogens is 237 g/mol. The van der Waals surface area contributed by atoms with Crippen LogP contribution in [0.2, 0.25) is 0 Å². The van der Waals surface area contributed by atoms with Crippen LogP contribution in [-0.4, -0.2) is 0 Å². The molecule has 0 amide bonds. The Bertz CT molecular complexity index is 627. The molecule has 0 saturated heterocycles. The predicted molar refractivity (Wildman–Crippen MR) is 68.0 cm³/mol. The summed E-state index contributed by atoms with van der Waals surface area (Å²) in [6, 6.07) is 4.88. The van der Waals surface area contributed by atoms with Gasteiger partial charge in [0.25, 0.3) is 0 Å². The Labute approximate surface area is 104 Å². The van der Waals surface area contributed by atoms with Crippen molar-refractivity contribution in [2.75, 3.05) is 0 Å². The standard InChI is InChI=1S/C15H13F3/c1-4-9-12-10(8(2)3)6-5-7-11(12)14(17)15(18)13(9)16/h4-8H,1H2,2-3H3. The lowest BCUT2D eigenvalue weighted by molar-refractivity contribution is 0.452. The highest BCUT2D eigenvalue weighted by Crippen LogP contribution is 2.34. The van der Waals surface area contributed by atoms with E-state index in [0.29, 0.717) is 5.39 Å². The number of benzene rings is 2. The minimum atomic E-state index is -1.45. The van der Waals surface area contributed by atoms with E-state index < -0.39 is 17.5 Å². The molecule has 18 heavy (non-hydrogen) atoms. The van der Waals surface area contributed by atoms with Crippen LogP contribution in [0.25, 0.3) is 16.8 Å². The molecule has 0 aliphatic carbocycles. The Kier molecular flexibility index (Phi) is 3.16. The van der Waals surface area contributed by atoms with Gasteiger partial charge in [0.1, 0.15) is 0 Å². The fourth-order valence-corrected chi connectivity index (χ4v) is 2.17. The minimum absolute atomic E-state index is 0.0215. The maximum atomic E-state index is 13.8. The zero-order valence-corrected chi connectivity index (χ0v) is 10.2. The largest absolute Gasteiger partial charge is 0.203 e. The number of rotatable bonds is 2. The van der Waals surface area contributed by atoms with E-state index in [4.69, 9.17) is 0 Å². The molecule has 0 N–H and O–H groups in total. The summed E-state index contributed by atoms with van der Waals surface area (Å²) in [7, 11) is 0. The summed E-state index contributed by atoms with van der Waals surface area (Å²) in [5, 5.41) is 0.494. The molecule has 2 aromatic carbocycles. The lowest BCUT2D eigenvalue weighted by atomic mass is 9.92. The summed E-state index contributed by atoms with van der Waals surface area (Å²) in [5.41, 5.74) is 0.799. The van der Waals surface area contributed by atoms with Crippen molar-refractivity contribution in [2.45, 2.75) is 19.8 Å². The zero-order valence-electron chi connectivity index (χ0n) is 10.2. The van der Waals surface area contributed by atoms with Gasteiger partial charge < -0.3 is 0 Å². The molecule has 0 nitrogen and oxygen atoms in total. The molecule has 0 aliphatic heterocycles. The van der Waals surface area contributed by atoms with E-state index in [-0.39, 0.29) is 16.9 Å². The topological polar surface area (TPSA) is 0 Å². The van der Waals surface area contributed by atoms with Gasteiger partial charge in [0.2, 0.25) is 0 Å². The third-order valence-electron chi connectivity index (χ3n) is 3.05. The molecule has 0 fully saturated rings. The Morgan fingerprint density at radius 2 is 1.72 bits per heavy atom. The van der Waals surface area contributed by atoms with Gasteiger partial charge in [-0.05, 0) is 16.9 Å². The van der Waals surface area contributed by atoms with Crippen LogP contribution in [0.5, 0.6) is 0 Å². The van der Waals surface area contributed by atoms with Crippen LogP contribution in [-0.2, 0) is 0 Å². The van der Waals surface area contributed by atoms with Crippen LogP contribution in [0.3, 0.4) is 0 Å². The van der Waals surface area contributed by atoms with Gasteiger partial charge in [-0.15, -0.1) is 0 Å². The lowest BCUT2D eigenvalue weighted by Gasteiger charge is -2.14. The molecule has 2 rings (SSSR count). The van der Waals surface area contributed by atoms with Crippen molar-refractivity contribution < 1.29 is 13.2 Å². The molecule has 0 bridgehead atoms. The normalized spacial score (nSPS) is 11.2. The van der Waals surface area contributed by atoms with Crippen molar-refractivity contribution in [3.8, 4) is 0 Å². The highest BCUT2D eigenvalue weighted by atomic mass is 19.2. The van der Waals surface area contributed by atoms with Crippen molar-refractivity contribution in [3.63, 3.8) is 0 Å². The number of hydrogen-bond donors (Lipinski definition) is 0. The first-order valence-corrected chi connectivity index (χ1v) is 5.70. The summed E-state index contributed by atoms with van der Waals surface area (Å²) in [4.78, 5) is 0. The zero-order chi connectivity index (χ0) is 13.4. The average molecular weight is 250 g/mol. The van der Waals surface area contributed by atoms with E-state index in [9.17, 15) is 13.2 Å². The molecule has 0 unspecified atom stereocenters. The Hall–Kier alpha value is -1.77. The molecule has 2 aromatic rings. The second-order valence-electron chi connectivity index (χ2n) is 4.48. The summed E-state index contributed by atoms with van der Waals surface area (Å²) < 4.78 is 41.0. The molecule has 0 aromatic heterocycles. The molecule has 0 radical (unpaired) electrons. The van der Waals surface area contributed by atoms with E-state index in [0.717, 1.165) is 5.56 Å². The van der Waals surface area contributed by atoms with E-state index in [1.807, 2.05) is 13.8 Å². The van der Waals surface area contributed by atoms with Gasteiger partial charge in [-0.25, -0.2) is 13.2 Å². The molecule has 3 heteroatoms. The van der Waals surface area contributed by atoms with Crippen LogP contribution in [0.4, 0.5) is 13.2 Å². The molecule has 0 atom stereocenters. The molecule has 0 aliphatic rings. The SMILES string of the molecule is C=Cc1c(F)c(F)c(F)c2cccc(C(C)C)c12. The quantitative estimate of drug-likeness (QED) is 0.656. The monoisotopic (exact) mass is 250 g/mol. The number of hydrogen-bond acceptors (Lipinski definition) is 0. The third-order valence-corrected chi connectivity index (χ3v) is 3.05. The summed E-state index contributed by atoms with van der Waals surface area (Å²) >= 11 is 0. The van der Waals surface area contributed by atoms with Gasteiger partial charge in [-0.3, -0.25) is 0 Å². The van der Waals surface area contributed by atoms with Crippen molar-refractivity contribution >= 4 is 16.8 Å². The fraction of sp³-hybridized carbons (Fsp3) is 0.200. The van der Waals surface area contributed by atoms with E-state index in [2.05, 4.69) is 6.58 Å². The Balaban J connectivity index is 3.06. The Morgan fingerprint density at radius 1 is 1.06 bits per heavy atom. The van der Waals surface area contributed by atoms with Gasteiger partial charge in [0, 0.05) is 10.9 Å². The summed E-state index contributed by atoms with van der Waals surface area (Å²) in [6.45, 7) is 7.32. The lowest BCUT2D eigenvalue weighted by Crippen LogP contribution is -2.00. The van der Waals surface area contributed by atoms with Gasteiger partial charge >= 0.3 is 0 Å². The first-order valence-electron chi connectivity index (χ1n) is 5.70. The molecule has 0 spiro atoms. The molecular formula is C15H13F3. The second kappa shape index (κ2) is 4.48. The predicted octanol–water partition coefficient (Wildman–Crippen LogP) is 5.02. The Morgan fingerprint density at radius 3 is 2.28 bits per heavy atom. The van der Waals surface area contributed by atoms with Crippen LogP contribution < -0.4 is 0 Å². The number of halogens is 3. The van der Waals surface area contributed by atoms with Crippen molar-refractivity contribution in [1.29, 1.82) is 0 Å². The highest BCUT2D eigenvalue weighted by Gasteiger charge is 2.20. The smallest absolute Gasteiger partial charge is 0.195 e. The van der Waals surface area contributed by atoms with Crippen LogP contribution >= 0.6 is 0 Å².